The summed E-state index contributed by atoms with van der Waals surface area (Å²) < 4.78 is 4.62. The highest BCUT2D eigenvalue weighted by atomic mass is 16.5. The molecule has 2 aromatic carbocycles. The fourth-order valence-electron chi connectivity index (χ4n) is 2.48. The number of rotatable bonds is 3. The molecule has 3 rings (SSSR count). The van der Waals surface area contributed by atoms with Gasteiger partial charge in [0.25, 0.3) is 0 Å². The smallest absolute Gasteiger partial charge is 0.330 e. The van der Waals surface area contributed by atoms with Crippen molar-refractivity contribution >= 4 is 39.5 Å². The molecule has 4 heteroatoms. The van der Waals surface area contributed by atoms with Gasteiger partial charge in [0, 0.05) is 29.5 Å². The van der Waals surface area contributed by atoms with Crippen LogP contribution in [0, 0.1) is 0 Å². The third-order valence-electron chi connectivity index (χ3n) is 3.58. The van der Waals surface area contributed by atoms with Crippen molar-refractivity contribution in [2.24, 2.45) is 0 Å². The minimum Gasteiger partial charge on any atom is -0.466 e. The van der Waals surface area contributed by atoms with E-state index in [1.54, 1.807) is 6.08 Å². The van der Waals surface area contributed by atoms with Gasteiger partial charge in [-0.3, -0.25) is 0 Å². The molecule has 0 aliphatic heterocycles. The normalized spacial score (nSPS) is 11.2. The first-order chi connectivity index (χ1) is 10.7. The van der Waals surface area contributed by atoms with Crippen LogP contribution >= 0.6 is 0 Å². The molecule has 1 aromatic heterocycles. The molecule has 0 aliphatic carbocycles. The quantitative estimate of drug-likeness (QED) is 0.455. The summed E-state index contributed by atoms with van der Waals surface area (Å²) in [7, 11) is 3.17. The van der Waals surface area contributed by atoms with E-state index >= 15 is 0 Å². The Balaban J connectivity index is 2.21. The summed E-state index contributed by atoms with van der Waals surface area (Å²) in [5.74, 6) is 0.338. The van der Waals surface area contributed by atoms with Crippen LogP contribution in [0.3, 0.4) is 0 Å². The molecule has 1 N–H and O–H groups in total. The van der Waals surface area contributed by atoms with Crippen LogP contribution in [-0.4, -0.2) is 25.1 Å². The molecule has 0 unspecified atom stereocenters. The van der Waals surface area contributed by atoms with Crippen molar-refractivity contribution in [1.29, 1.82) is 0 Å². The fourth-order valence-corrected chi connectivity index (χ4v) is 2.48. The molecular formula is C18H16N2O2. The van der Waals surface area contributed by atoms with Gasteiger partial charge in [-0.25, -0.2) is 9.78 Å². The highest BCUT2D eigenvalue weighted by Gasteiger charge is 2.07. The summed E-state index contributed by atoms with van der Waals surface area (Å²) >= 11 is 0. The standard InChI is InChI=1S/C18H16N2O2/c1-19-18-14(9-10-16(21)22-2)11-13-8-7-12-5-3-4-6-15(12)17(13)20-18/h3-11H,1-2H3,(H,19,20)/b10-9+. The first-order valence-corrected chi connectivity index (χ1v) is 6.99. The molecule has 0 fully saturated rings. The number of carbonyl (C=O) groups excluding carboxylic acids is 1. The Kier molecular flexibility index (Phi) is 3.74. The zero-order chi connectivity index (χ0) is 15.5. The monoisotopic (exact) mass is 292 g/mol. The second-order valence-corrected chi connectivity index (χ2v) is 4.89. The molecule has 0 bridgehead atoms. The van der Waals surface area contributed by atoms with Gasteiger partial charge in [0.15, 0.2) is 0 Å². The highest BCUT2D eigenvalue weighted by molar-refractivity contribution is 6.06. The van der Waals surface area contributed by atoms with Crippen molar-refractivity contribution in [2.45, 2.75) is 0 Å². The van der Waals surface area contributed by atoms with E-state index in [-0.39, 0.29) is 5.97 Å². The van der Waals surface area contributed by atoms with Crippen LogP contribution in [0.15, 0.2) is 48.5 Å². The maximum Gasteiger partial charge on any atom is 0.330 e. The van der Waals surface area contributed by atoms with Crippen molar-refractivity contribution in [2.75, 3.05) is 19.5 Å². The number of ether oxygens (including phenoxy) is 1. The van der Waals surface area contributed by atoms with E-state index < -0.39 is 0 Å². The number of hydrogen-bond acceptors (Lipinski definition) is 4. The van der Waals surface area contributed by atoms with E-state index in [1.165, 1.54) is 13.2 Å². The van der Waals surface area contributed by atoms with Gasteiger partial charge in [0.2, 0.25) is 0 Å². The number of pyridine rings is 1. The number of methoxy groups -OCH3 is 1. The van der Waals surface area contributed by atoms with Crippen LogP contribution in [0.2, 0.25) is 0 Å². The van der Waals surface area contributed by atoms with Crippen LogP contribution in [-0.2, 0) is 9.53 Å². The number of hydrogen-bond donors (Lipinski definition) is 1. The molecule has 0 saturated carbocycles. The fraction of sp³-hybridized carbons (Fsp3) is 0.111. The molecular weight excluding hydrogens is 276 g/mol. The van der Waals surface area contributed by atoms with Crippen LogP contribution in [0.1, 0.15) is 5.56 Å². The van der Waals surface area contributed by atoms with E-state index in [4.69, 9.17) is 4.98 Å². The lowest BCUT2D eigenvalue weighted by molar-refractivity contribution is -0.134. The van der Waals surface area contributed by atoms with Gasteiger partial charge in [-0.2, -0.15) is 0 Å². The molecule has 0 amide bonds. The van der Waals surface area contributed by atoms with Gasteiger partial charge >= 0.3 is 5.97 Å². The van der Waals surface area contributed by atoms with E-state index in [2.05, 4.69) is 28.3 Å². The topological polar surface area (TPSA) is 51.2 Å². The first-order valence-electron chi connectivity index (χ1n) is 6.99. The summed E-state index contributed by atoms with van der Waals surface area (Å²) in [5.41, 5.74) is 1.79. The second kappa shape index (κ2) is 5.85. The number of esters is 1. The second-order valence-electron chi connectivity index (χ2n) is 4.89. The SMILES string of the molecule is CNc1nc2c(ccc3ccccc32)cc1/C=C/C(=O)OC. The van der Waals surface area contributed by atoms with Gasteiger partial charge in [-0.05, 0) is 17.5 Å². The van der Waals surface area contributed by atoms with Crippen LogP contribution in [0.5, 0.6) is 0 Å². The zero-order valence-electron chi connectivity index (χ0n) is 12.5. The number of nitrogens with one attached hydrogen (secondary N) is 1. The number of anilines is 1. The Labute approximate surface area is 128 Å². The summed E-state index contributed by atoms with van der Waals surface area (Å²) in [6.45, 7) is 0. The molecule has 0 aliphatic rings. The molecule has 110 valence electrons. The average Bonchev–Trinajstić information content (AvgIpc) is 2.58. The average molecular weight is 292 g/mol. The largest absolute Gasteiger partial charge is 0.466 e. The van der Waals surface area contributed by atoms with Crippen LogP contribution in [0.4, 0.5) is 5.82 Å². The van der Waals surface area contributed by atoms with Gasteiger partial charge in [0.1, 0.15) is 5.82 Å². The first kappa shape index (κ1) is 14.1. The van der Waals surface area contributed by atoms with Crippen LogP contribution < -0.4 is 5.32 Å². The summed E-state index contributed by atoms with van der Waals surface area (Å²) in [5, 5.41) is 6.38. The van der Waals surface area contributed by atoms with Crippen molar-refractivity contribution in [1.82, 2.24) is 4.98 Å². The molecule has 0 atom stereocenters. The molecule has 1 heterocycles. The van der Waals surface area contributed by atoms with Gasteiger partial charge in [-0.15, -0.1) is 0 Å². The van der Waals surface area contributed by atoms with Crippen molar-refractivity contribution in [3.8, 4) is 0 Å². The summed E-state index contributed by atoms with van der Waals surface area (Å²) in [4.78, 5) is 16.0. The van der Waals surface area contributed by atoms with E-state index in [0.29, 0.717) is 0 Å². The maximum absolute atomic E-state index is 11.3. The van der Waals surface area contributed by atoms with E-state index in [9.17, 15) is 4.79 Å². The van der Waals surface area contributed by atoms with Crippen LogP contribution in [0.25, 0.3) is 27.8 Å². The predicted octanol–water partition coefficient (Wildman–Crippen LogP) is 3.62. The Morgan fingerprint density at radius 1 is 1.18 bits per heavy atom. The third kappa shape index (κ3) is 2.51. The number of aromatic nitrogens is 1. The minimum absolute atomic E-state index is 0.388. The zero-order valence-corrected chi connectivity index (χ0v) is 12.5. The lowest BCUT2D eigenvalue weighted by atomic mass is 10.0. The maximum atomic E-state index is 11.3. The van der Waals surface area contributed by atoms with Gasteiger partial charge in [-0.1, -0.05) is 36.4 Å². The predicted molar refractivity (Wildman–Crippen MR) is 89.8 cm³/mol. The van der Waals surface area contributed by atoms with E-state index in [1.807, 2.05) is 31.3 Å². The molecule has 22 heavy (non-hydrogen) atoms. The number of benzene rings is 2. The lowest BCUT2D eigenvalue weighted by Gasteiger charge is -2.09. The van der Waals surface area contributed by atoms with Gasteiger partial charge < -0.3 is 10.1 Å². The van der Waals surface area contributed by atoms with Crippen molar-refractivity contribution in [3.05, 3.63) is 54.1 Å². The van der Waals surface area contributed by atoms with Crippen molar-refractivity contribution < 1.29 is 9.53 Å². The lowest BCUT2D eigenvalue weighted by Crippen LogP contribution is -1.98. The minimum atomic E-state index is -0.388. The number of nitrogens with zero attached hydrogens (tertiary/aromatic N) is 1. The highest BCUT2D eigenvalue weighted by Crippen LogP contribution is 2.27. The summed E-state index contributed by atoms with van der Waals surface area (Å²) in [6.07, 6.45) is 3.10. The molecule has 0 spiro atoms. The number of carbonyl (C=O) groups is 1. The Bertz CT molecular complexity index is 885. The molecule has 0 radical (unpaired) electrons. The Morgan fingerprint density at radius 2 is 1.95 bits per heavy atom. The summed E-state index contributed by atoms with van der Waals surface area (Å²) in [6, 6.07) is 14.3. The number of fused-ring (bicyclic) bond motifs is 3. The Hall–Kier alpha value is -2.88. The Morgan fingerprint density at radius 3 is 2.73 bits per heavy atom. The van der Waals surface area contributed by atoms with Gasteiger partial charge in [0.05, 0.1) is 12.6 Å². The molecule has 3 aromatic rings. The third-order valence-corrected chi connectivity index (χ3v) is 3.58. The molecule has 0 saturated heterocycles. The molecule has 4 nitrogen and oxygen atoms in total. The van der Waals surface area contributed by atoms with Crippen molar-refractivity contribution in [3.63, 3.8) is 0 Å². The van der Waals surface area contributed by atoms with E-state index in [0.717, 1.165) is 33.1 Å².